The summed E-state index contributed by atoms with van der Waals surface area (Å²) in [5.41, 5.74) is 0.372. The number of hydrogen-bond donors (Lipinski definition) is 1. The van der Waals surface area contributed by atoms with Crippen LogP contribution in [0.15, 0.2) is 41.7 Å². The van der Waals surface area contributed by atoms with Gasteiger partial charge in [0.2, 0.25) is 0 Å². The zero-order valence-corrected chi connectivity index (χ0v) is 12.6. The molecule has 0 atom stereocenters. The van der Waals surface area contributed by atoms with Crippen LogP contribution in [0.5, 0.6) is 5.75 Å². The van der Waals surface area contributed by atoms with E-state index in [4.69, 9.17) is 20.5 Å². The van der Waals surface area contributed by atoms with E-state index in [0.29, 0.717) is 0 Å². The van der Waals surface area contributed by atoms with Gasteiger partial charge < -0.3 is 10.1 Å². The summed E-state index contributed by atoms with van der Waals surface area (Å²) >= 11 is 0. The van der Waals surface area contributed by atoms with Crippen LogP contribution in [-0.4, -0.2) is 9.78 Å². The van der Waals surface area contributed by atoms with Crippen LogP contribution in [0.4, 0.5) is 10.1 Å². The minimum atomic E-state index is -0.644. The van der Waals surface area contributed by atoms with E-state index in [2.05, 4.69) is 10.4 Å². The molecule has 0 aliphatic heterocycles. The van der Waals surface area contributed by atoms with E-state index in [1.54, 1.807) is 42.2 Å². The zero-order valence-electron chi connectivity index (χ0n) is 12.6. The van der Waals surface area contributed by atoms with Crippen molar-refractivity contribution >= 4 is 5.69 Å². The average molecular weight is 322 g/mol. The smallest absolute Gasteiger partial charge is 0.167 e. The van der Waals surface area contributed by atoms with Gasteiger partial charge in [-0.25, -0.2) is 4.39 Å². The molecular weight excluding hydrogens is 311 g/mol. The molecule has 0 bridgehead atoms. The standard InChI is InChI=1S/C16H11FN6O/c1-23-13(4-5-21-23)10-24-16-3-2-12(6-14(16)17)22-15(9-20)11(7-18)8-19/h2-6,22H,10H2,1H3. The van der Waals surface area contributed by atoms with Gasteiger partial charge in [-0.1, -0.05) is 0 Å². The molecule has 1 N–H and O–H groups in total. The Hall–Kier alpha value is -3.83. The number of rotatable bonds is 5. The van der Waals surface area contributed by atoms with Crippen LogP contribution in [0, 0.1) is 39.8 Å². The van der Waals surface area contributed by atoms with Crippen molar-refractivity contribution in [3.63, 3.8) is 0 Å². The van der Waals surface area contributed by atoms with Gasteiger partial charge in [-0.05, 0) is 18.2 Å². The minimum Gasteiger partial charge on any atom is -0.484 e. The maximum absolute atomic E-state index is 14.1. The molecule has 1 aromatic heterocycles. The molecule has 0 amide bonds. The van der Waals surface area contributed by atoms with Gasteiger partial charge >= 0.3 is 0 Å². The van der Waals surface area contributed by atoms with Crippen molar-refractivity contribution in [2.24, 2.45) is 7.05 Å². The number of allylic oxidation sites excluding steroid dienone is 2. The number of ether oxygens (including phenoxy) is 1. The van der Waals surface area contributed by atoms with E-state index >= 15 is 0 Å². The van der Waals surface area contributed by atoms with Gasteiger partial charge in [0.1, 0.15) is 30.5 Å². The van der Waals surface area contributed by atoms with E-state index in [1.807, 2.05) is 0 Å². The lowest BCUT2D eigenvalue weighted by Gasteiger charge is -2.10. The number of nitrogens with one attached hydrogen (secondary N) is 1. The summed E-state index contributed by atoms with van der Waals surface area (Å²) in [6, 6.07) is 10.6. The molecule has 1 heterocycles. The fourth-order valence-corrected chi connectivity index (χ4v) is 1.82. The van der Waals surface area contributed by atoms with Crippen molar-refractivity contribution in [2.75, 3.05) is 5.32 Å². The summed E-state index contributed by atoms with van der Waals surface area (Å²) in [4.78, 5) is 0. The van der Waals surface area contributed by atoms with E-state index in [1.165, 1.54) is 12.1 Å². The highest BCUT2D eigenvalue weighted by Gasteiger charge is 2.10. The third-order valence-corrected chi connectivity index (χ3v) is 3.08. The molecule has 0 aliphatic carbocycles. The lowest BCUT2D eigenvalue weighted by atomic mass is 10.2. The first-order valence-electron chi connectivity index (χ1n) is 6.70. The third-order valence-electron chi connectivity index (χ3n) is 3.08. The summed E-state index contributed by atoms with van der Waals surface area (Å²) in [7, 11) is 1.75. The first kappa shape index (κ1) is 16.5. The van der Waals surface area contributed by atoms with Crippen molar-refractivity contribution in [1.82, 2.24) is 9.78 Å². The van der Waals surface area contributed by atoms with E-state index in [-0.39, 0.29) is 29.3 Å². The molecule has 0 spiro atoms. The van der Waals surface area contributed by atoms with Crippen molar-refractivity contribution in [3.8, 4) is 24.0 Å². The Morgan fingerprint density at radius 1 is 1.25 bits per heavy atom. The second-order valence-corrected chi connectivity index (χ2v) is 4.59. The molecule has 0 radical (unpaired) electrons. The van der Waals surface area contributed by atoms with Crippen LogP contribution >= 0.6 is 0 Å². The molecular formula is C16H11FN6O. The molecule has 7 nitrogen and oxygen atoms in total. The second-order valence-electron chi connectivity index (χ2n) is 4.59. The minimum absolute atomic E-state index is 0.0324. The maximum atomic E-state index is 14.1. The van der Waals surface area contributed by atoms with Crippen LogP contribution < -0.4 is 10.1 Å². The monoisotopic (exact) mass is 322 g/mol. The molecule has 0 saturated carbocycles. The third kappa shape index (κ3) is 3.68. The highest BCUT2D eigenvalue weighted by atomic mass is 19.1. The molecule has 0 fully saturated rings. The predicted molar refractivity (Wildman–Crippen MR) is 81.4 cm³/mol. The molecule has 0 saturated heterocycles. The van der Waals surface area contributed by atoms with Gasteiger partial charge in [-0.3, -0.25) is 4.68 Å². The second kappa shape index (κ2) is 7.44. The van der Waals surface area contributed by atoms with E-state index in [9.17, 15) is 4.39 Å². The summed E-state index contributed by atoms with van der Waals surface area (Å²) < 4.78 is 21.1. The molecule has 1 aromatic carbocycles. The first-order chi connectivity index (χ1) is 11.6. The molecule has 0 aliphatic rings. The van der Waals surface area contributed by atoms with Crippen molar-refractivity contribution in [1.29, 1.82) is 15.8 Å². The molecule has 2 aromatic rings. The number of halogens is 1. The maximum Gasteiger partial charge on any atom is 0.167 e. The Labute approximate surface area is 137 Å². The Morgan fingerprint density at radius 3 is 2.54 bits per heavy atom. The normalized spacial score (nSPS) is 9.29. The number of aryl methyl sites for hydroxylation is 1. The molecule has 0 unspecified atom stereocenters. The van der Waals surface area contributed by atoms with Gasteiger partial charge in [-0.2, -0.15) is 20.9 Å². The highest BCUT2D eigenvalue weighted by molar-refractivity contribution is 5.59. The van der Waals surface area contributed by atoms with Crippen LogP contribution in [-0.2, 0) is 13.7 Å². The lowest BCUT2D eigenvalue weighted by molar-refractivity contribution is 0.280. The zero-order chi connectivity index (χ0) is 17.5. The Bertz CT molecular complexity index is 894. The predicted octanol–water partition coefficient (Wildman–Crippen LogP) is 2.37. The fraction of sp³-hybridized carbons (Fsp3) is 0.125. The van der Waals surface area contributed by atoms with Gasteiger partial charge in [0.25, 0.3) is 0 Å². The van der Waals surface area contributed by atoms with Crippen LogP contribution in [0.2, 0.25) is 0 Å². The summed E-state index contributed by atoms with van der Waals surface area (Å²) in [6.45, 7) is 0.149. The Balaban J connectivity index is 2.14. The van der Waals surface area contributed by atoms with E-state index in [0.717, 1.165) is 11.8 Å². The topological polar surface area (TPSA) is 110 Å². The number of nitriles is 3. The van der Waals surface area contributed by atoms with Crippen LogP contribution in [0.1, 0.15) is 5.69 Å². The fourth-order valence-electron chi connectivity index (χ4n) is 1.82. The summed E-state index contributed by atoms with van der Waals surface area (Å²) in [5.74, 6) is -0.611. The van der Waals surface area contributed by atoms with Gasteiger partial charge in [0, 0.05) is 25.0 Å². The first-order valence-corrected chi connectivity index (χ1v) is 6.70. The van der Waals surface area contributed by atoms with Gasteiger partial charge in [0.15, 0.2) is 17.1 Å². The SMILES string of the molecule is Cn1nccc1COc1ccc(NC(C#N)=C(C#N)C#N)cc1F. The van der Waals surface area contributed by atoms with Crippen molar-refractivity contribution in [3.05, 3.63) is 53.2 Å². The summed E-state index contributed by atoms with van der Waals surface area (Å²) in [5, 5.41) is 33.0. The summed E-state index contributed by atoms with van der Waals surface area (Å²) in [6.07, 6.45) is 1.61. The lowest BCUT2D eigenvalue weighted by Crippen LogP contribution is -2.05. The van der Waals surface area contributed by atoms with Crippen molar-refractivity contribution < 1.29 is 9.13 Å². The van der Waals surface area contributed by atoms with E-state index < -0.39 is 5.82 Å². The number of aromatic nitrogens is 2. The highest BCUT2D eigenvalue weighted by Crippen LogP contribution is 2.23. The number of anilines is 1. The van der Waals surface area contributed by atoms with Crippen LogP contribution in [0.25, 0.3) is 0 Å². The number of benzene rings is 1. The Morgan fingerprint density at radius 2 is 2.00 bits per heavy atom. The van der Waals surface area contributed by atoms with Crippen LogP contribution in [0.3, 0.4) is 0 Å². The van der Waals surface area contributed by atoms with Gasteiger partial charge in [0.05, 0.1) is 5.69 Å². The quantitative estimate of drug-likeness (QED) is 0.846. The van der Waals surface area contributed by atoms with Gasteiger partial charge in [-0.15, -0.1) is 0 Å². The molecule has 2 rings (SSSR count). The molecule has 118 valence electrons. The molecule has 8 heteroatoms. The van der Waals surface area contributed by atoms with Crippen molar-refractivity contribution in [2.45, 2.75) is 6.61 Å². The molecule has 24 heavy (non-hydrogen) atoms. The largest absolute Gasteiger partial charge is 0.484 e. The number of nitrogens with zero attached hydrogens (tertiary/aromatic N) is 5. The number of hydrogen-bond acceptors (Lipinski definition) is 6. The average Bonchev–Trinajstić information content (AvgIpc) is 2.99. The Kier molecular flexibility index (Phi) is 5.13.